The monoisotopic (exact) mass is 536 g/mol. The van der Waals surface area contributed by atoms with Crippen LogP contribution in [0.2, 0.25) is 0 Å². The van der Waals surface area contributed by atoms with Gasteiger partial charge < -0.3 is 14.8 Å². The predicted molar refractivity (Wildman–Crippen MR) is 134 cm³/mol. The molecule has 13 heteroatoms. The molecule has 1 aliphatic rings. The minimum absolute atomic E-state index is 0.0240. The first kappa shape index (κ1) is 25.7. The molecule has 0 atom stereocenters. The number of anilines is 2. The average molecular weight is 536 g/mol. The number of oxazole rings is 1. The van der Waals surface area contributed by atoms with Crippen LogP contribution in [-0.4, -0.2) is 49.2 Å². The number of alkyl halides is 2. The van der Waals surface area contributed by atoms with Gasteiger partial charge in [0.25, 0.3) is 12.3 Å². The van der Waals surface area contributed by atoms with Crippen LogP contribution in [0.4, 0.5) is 25.1 Å². The third-order valence-electron chi connectivity index (χ3n) is 6.11. The van der Waals surface area contributed by atoms with Crippen molar-refractivity contribution in [2.24, 2.45) is 5.92 Å². The molecular formula is C26H22F2N6O5. The fraction of sp³-hybridized carbons (Fsp3) is 0.231. The van der Waals surface area contributed by atoms with Crippen LogP contribution in [0.5, 0.6) is 0 Å². The van der Waals surface area contributed by atoms with Crippen molar-refractivity contribution in [1.29, 1.82) is 0 Å². The molecule has 200 valence electrons. The lowest BCUT2D eigenvalue weighted by atomic mass is 10.1. The van der Waals surface area contributed by atoms with Crippen molar-refractivity contribution < 1.29 is 32.7 Å². The number of Topliss-reactive ketones (excluding diaryl/α,β-unsaturated/α-hetero) is 1. The molecule has 0 radical (unpaired) electrons. The fourth-order valence-corrected chi connectivity index (χ4v) is 3.85. The number of aromatic nitrogens is 4. The lowest BCUT2D eigenvalue weighted by Gasteiger charge is -2.18. The Hall–Kier alpha value is -4.94. The Morgan fingerprint density at radius 2 is 1.95 bits per heavy atom. The number of hydrogen-bond donors (Lipinski definition) is 2. The van der Waals surface area contributed by atoms with Crippen LogP contribution in [-0.2, 0) is 0 Å². The van der Waals surface area contributed by atoms with Crippen molar-refractivity contribution in [2.75, 3.05) is 16.8 Å². The second kappa shape index (κ2) is 10.4. The summed E-state index contributed by atoms with van der Waals surface area (Å²) in [5.74, 6) is -0.437. The number of halogens is 2. The van der Waals surface area contributed by atoms with Crippen molar-refractivity contribution in [2.45, 2.75) is 26.2 Å². The molecule has 39 heavy (non-hydrogen) atoms. The Balaban J connectivity index is 1.35. The highest BCUT2D eigenvalue weighted by Crippen LogP contribution is 2.32. The third-order valence-corrected chi connectivity index (χ3v) is 6.11. The van der Waals surface area contributed by atoms with Gasteiger partial charge in [-0.25, -0.2) is 28.2 Å². The zero-order valence-electron chi connectivity index (χ0n) is 20.5. The Bertz CT molecular complexity index is 1540. The predicted octanol–water partition coefficient (Wildman–Crippen LogP) is 5.21. The van der Waals surface area contributed by atoms with Gasteiger partial charge in [0.05, 0.1) is 17.6 Å². The van der Waals surface area contributed by atoms with E-state index in [9.17, 15) is 28.3 Å². The van der Waals surface area contributed by atoms with E-state index in [2.05, 4.69) is 20.4 Å². The van der Waals surface area contributed by atoms with Crippen LogP contribution in [0.3, 0.4) is 0 Å². The first-order chi connectivity index (χ1) is 18.7. The molecule has 0 aliphatic heterocycles. The number of ketones is 1. The number of carbonyl (C=O) groups is 3. The Kier molecular flexibility index (Phi) is 6.88. The highest BCUT2D eigenvalue weighted by atomic mass is 19.3. The summed E-state index contributed by atoms with van der Waals surface area (Å²) in [7, 11) is 0. The number of hydrogen-bond acceptors (Lipinski definition) is 7. The van der Waals surface area contributed by atoms with Gasteiger partial charge in [0.15, 0.2) is 17.2 Å². The topological polar surface area (TPSA) is 143 Å². The van der Waals surface area contributed by atoms with E-state index in [-0.39, 0.29) is 28.9 Å². The third kappa shape index (κ3) is 5.66. The zero-order chi connectivity index (χ0) is 27.7. The summed E-state index contributed by atoms with van der Waals surface area (Å²) in [6, 6.07) is 9.22. The lowest BCUT2D eigenvalue weighted by molar-refractivity contribution is 0.101. The minimum atomic E-state index is -2.98. The number of nitrogens with zero attached hydrogens (tertiary/aromatic N) is 5. The zero-order valence-corrected chi connectivity index (χ0v) is 20.5. The van der Waals surface area contributed by atoms with Crippen LogP contribution in [0.15, 0.2) is 59.5 Å². The molecule has 0 spiro atoms. The van der Waals surface area contributed by atoms with Gasteiger partial charge >= 0.3 is 6.09 Å². The highest BCUT2D eigenvalue weighted by molar-refractivity contribution is 6.03. The Morgan fingerprint density at radius 3 is 2.59 bits per heavy atom. The van der Waals surface area contributed by atoms with Gasteiger partial charge in [-0.15, -0.1) is 0 Å². The number of carbonyl (C=O) groups excluding carboxylic acids is 2. The van der Waals surface area contributed by atoms with Crippen LogP contribution >= 0.6 is 0 Å². The number of rotatable bonds is 9. The smallest absolute Gasteiger partial charge is 0.413 e. The molecule has 2 N–H and O–H groups in total. The van der Waals surface area contributed by atoms with E-state index in [0.717, 1.165) is 24.0 Å². The van der Waals surface area contributed by atoms with E-state index in [0.29, 0.717) is 29.3 Å². The maximum absolute atomic E-state index is 13.7. The fourth-order valence-electron chi connectivity index (χ4n) is 3.85. The van der Waals surface area contributed by atoms with Crippen LogP contribution in [0.25, 0.3) is 17.1 Å². The van der Waals surface area contributed by atoms with Crippen LogP contribution in [0, 0.1) is 5.92 Å². The molecule has 2 amide bonds. The number of pyridine rings is 1. The first-order valence-corrected chi connectivity index (χ1v) is 11.9. The Morgan fingerprint density at radius 1 is 1.21 bits per heavy atom. The Labute approximate surface area is 220 Å². The standard InChI is InChI=1S/C26H22F2N6O5/c1-14(35)16-4-6-18(7-5-16)34-12-19(22(32-34)23(27)28)30-24(36)20-13-39-25(31-20)17-8-9-29-21(10-17)33(26(37)38)11-15-2-3-15/h4-10,12-13,15,23H,2-3,11H2,1H3,(H,30,36)(H,37,38). The molecule has 1 aromatic carbocycles. The van der Waals surface area contributed by atoms with Crippen molar-refractivity contribution in [3.05, 3.63) is 72.0 Å². The minimum Gasteiger partial charge on any atom is -0.465 e. The second-order valence-corrected chi connectivity index (χ2v) is 9.01. The second-order valence-electron chi connectivity index (χ2n) is 9.01. The number of amides is 2. The molecular weight excluding hydrogens is 514 g/mol. The molecule has 0 unspecified atom stereocenters. The molecule has 5 rings (SSSR count). The molecule has 0 saturated heterocycles. The molecule has 1 aliphatic carbocycles. The molecule has 4 aromatic rings. The summed E-state index contributed by atoms with van der Waals surface area (Å²) in [4.78, 5) is 45.5. The molecule has 3 aromatic heterocycles. The van der Waals surface area contributed by atoms with Gasteiger partial charge in [-0.1, -0.05) is 0 Å². The van der Waals surface area contributed by atoms with E-state index in [1.807, 2.05) is 0 Å². The number of benzene rings is 1. The van der Waals surface area contributed by atoms with Gasteiger partial charge in [-0.2, -0.15) is 5.10 Å². The molecule has 11 nitrogen and oxygen atoms in total. The maximum Gasteiger partial charge on any atom is 0.413 e. The van der Waals surface area contributed by atoms with Gasteiger partial charge in [-0.05, 0) is 62.1 Å². The van der Waals surface area contributed by atoms with Crippen LogP contribution < -0.4 is 10.2 Å². The van der Waals surface area contributed by atoms with Crippen molar-refractivity contribution >= 4 is 29.3 Å². The number of carboxylic acid groups (broad SMARTS) is 1. The summed E-state index contributed by atoms with van der Waals surface area (Å²) in [5, 5.41) is 15.8. The summed E-state index contributed by atoms with van der Waals surface area (Å²) in [6.07, 6.45) is 1.51. The normalized spacial score (nSPS) is 12.9. The van der Waals surface area contributed by atoms with Gasteiger partial charge in [0.2, 0.25) is 5.89 Å². The highest BCUT2D eigenvalue weighted by Gasteiger charge is 2.29. The van der Waals surface area contributed by atoms with E-state index < -0.39 is 24.1 Å². The summed E-state index contributed by atoms with van der Waals surface area (Å²) in [6.45, 7) is 1.74. The van der Waals surface area contributed by atoms with Gasteiger partial charge in [-0.3, -0.25) is 14.5 Å². The lowest BCUT2D eigenvalue weighted by Crippen LogP contribution is -2.32. The molecule has 1 fully saturated rings. The van der Waals surface area contributed by atoms with Crippen molar-refractivity contribution in [1.82, 2.24) is 19.7 Å². The van der Waals surface area contributed by atoms with Crippen LogP contribution in [0.1, 0.15) is 52.7 Å². The largest absolute Gasteiger partial charge is 0.465 e. The van der Waals surface area contributed by atoms with Crippen molar-refractivity contribution in [3.63, 3.8) is 0 Å². The molecule has 1 saturated carbocycles. The first-order valence-electron chi connectivity index (χ1n) is 11.9. The number of nitrogens with one attached hydrogen (secondary N) is 1. The van der Waals surface area contributed by atoms with E-state index in [1.54, 1.807) is 30.3 Å². The van der Waals surface area contributed by atoms with E-state index in [1.165, 1.54) is 30.1 Å². The van der Waals surface area contributed by atoms with Gasteiger partial charge in [0, 0.05) is 23.9 Å². The summed E-state index contributed by atoms with van der Waals surface area (Å²) in [5.41, 5.74) is 0.197. The van der Waals surface area contributed by atoms with E-state index >= 15 is 0 Å². The molecule has 0 bridgehead atoms. The summed E-state index contributed by atoms with van der Waals surface area (Å²) < 4.78 is 34.0. The van der Waals surface area contributed by atoms with E-state index in [4.69, 9.17) is 4.42 Å². The quantitative estimate of drug-likeness (QED) is 0.278. The van der Waals surface area contributed by atoms with Crippen molar-refractivity contribution in [3.8, 4) is 17.1 Å². The summed E-state index contributed by atoms with van der Waals surface area (Å²) >= 11 is 0. The van der Waals surface area contributed by atoms with Gasteiger partial charge in [0.1, 0.15) is 12.1 Å². The molecule has 3 heterocycles. The SMILES string of the molecule is CC(=O)c1ccc(-n2cc(NC(=O)c3coc(-c4ccnc(N(CC5CC5)C(=O)O)c4)n3)c(C(F)F)n2)cc1. The average Bonchev–Trinajstić information content (AvgIpc) is 3.42. The maximum atomic E-state index is 13.7.